The molecule has 0 amide bonds. The molecule has 4 nitrogen and oxygen atoms in total. The van der Waals surface area contributed by atoms with E-state index in [1.807, 2.05) is 6.26 Å². The van der Waals surface area contributed by atoms with Crippen molar-refractivity contribution in [1.29, 1.82) is 0 Å². The Balaban J connectivity index is 2.25. The summed E-state index contributed by atoms with van der Waals surface area (Å²) in [5, 5.41) is 8.66. The van der Waals surface area contributed by atoms with Gasteiger partial charge in [-0.05, 0) is 19.3 Å². The van der Waals surface area contributed by atoms with E-state index >= 15 is 0 Å². The summed E-state index contributed by atoms with van der Waals surface area (Å²) in [6, 6.07) is 0. The molecular formula is C10H19N3OS2. The van der Waals surface area contributed by atoms with Gasteiger partial charge in [-0.2, -0.15) is 11.8 Å². The minimum atomic E-state index is 0.691. The van der Waals surface area contributed by atoms with Gasteiger partial charge in [0, 0.05) is 12.3 Å². The third kappa shape index (κ3) is 4.76. The molecule has 1 heterocycles. The van der Waals surface area contributed by atoms with Crippen molar-refractivity contribution in [2.24, 2.45) is 0 Å². The Kier molecular flexibility index (Phi) is 6.91. The minimum Gasteiger partial charge on any atom is -0.415 e. The van der Waals surface area contributed by atoms with Crippen molar-refractivity contribution < 1.29 is 4.42 Å². The number of hydrogen-bond acceptors (Lipinski definition) is 6. The van der Waals surface area contributed by atoms with Crippen molar-refractivity contribution in [2.45, 2.75) is 24.8 Å². The van der Waals surface area contributed by atoms with Gasteiger partial charge in [0.1, 0.15) is 0 Å². The third-order valence-electron chi connectivity index (χ3n) is 2.24. The number of hydrogen-bond donors (Lipinski definition) is 0. The van der Waals surface area contributed by atoms with Crippen LogP contribution >= 0.6 is 23.5 Å². The molecule has 0 spiro atoms. The van der Waals surface area contributed by atoms with Crippen LogP contribution in [0, 0.1) is 0 Å². The van der Waals surface area contributed by atoms with E-state index in [0.29, 0.717) is 5.22 Å². The summed E-state index contributed by atoms with van der Waals surface area (Å²) in [6.07, 6.45) is 2.03. The molecule has 0 unspecified atom stereocenters. The molecule has 0 aliphatic heterocycles. The molecule has 1 rings (SSSR count). The van der Waals surface area contributed by atoms with Gasteiger partial charge in [0.2, 0.25) is 5.89 Å². The zero-order valence-electron chi connectivity index (χ0n) is 10.1. The predicted molar refractivity (Wildman–Crippen MR) is 70.0 cm³/mol. The fraction of sp³-hybridized carbons (Fsp3) is 0.800. The second-order valence-electron chi connectivity index (χ2n) is 3.27. The van der Waals surface area contributed by atoms with E-state index in [1.165, 1.54) is 0 Å². The van der Waals surface area contributed by atoms with Gasteiger partial charge in [-0.15, -0.1) is 10.2 Å². The second-order valence-corrected chi connectivity index (χ2v) is 5.18. The highest BCUT2D eigenvalue weighted by molar-refractivity contribution is 7.99. The number of rotatable bonds is 8. The third-order valence-corrected chi connectivity index (χ3v) is 3.58. The molecule has 0 aromatic carbocycles. The zero-order chi connectivity index (χ0) is 11.8. The van der Waals surface area contributed by atoms with Gasteiger partial charge < -0.3 is 9.32 Å². The molecule has 0 aliphatic rings. The van der Waals surface area contributed by atoms with E-state index in [1.54, 1.807) is 23.5 Å². The first-order valence-electron chi connectivity index (χ1n) is 5.46. The number of nitrogens with zero attached hydrogens (tertiary/aromatic N) is 3. The smallest absolute Gasteiger partial charge is 0.276 e. The molecule has 0 N–H and O–H groups in total. The van der Waals surface area contributed by atoms with Crippen LogP contribution in [0.2, 0.25) is 0 Å². The lowest BCUT2D eigenvalue weighted by atomic mass is 10.5. The van der Waals surface area contributed by atoms with E-state index in [2.05, 4.69) is 28.9 Å². The summed E-state index contributed by atoms with van der Waals surface area (Å²) in [5.74, 6) is 2.52. The average Bonchev–Trinajstić information content (AvgIpc) is 2.73. The van der Waals surface area contributed by atoms with Crippen LogP contribution in [-0.2, 0) is 5.75 Å². The first-order valence-corrected chi connectivity index (χ1v) is 7.84. The highest BCUT2D eigenvalue weighted by Crippen LogP contribution is 2.17. The first-order chi connectivity index (χ1) is 7.80. The summed E-state index contributed by atoms with van der Waals surface area (Å²) in [6.45, 7) is 7.62. The van der Waals surface area contributed by atoms with Crippen molar-refractivity contribution in [3.8, 4) is 0 Å². The van der Waals surface area contributed by atoms with Crippen LogP contribution in [0.15, 0.2) is 9.64 Å². The van der Waals surface area contributed by atoms with Crippen molar-refractivity contribution in [3.05, 3.63) is 5.89 Å². The normalized spacial score (nSPS) is 11.2. The molecule has 1 aromatic heterocycles. The molecule has 0 saturated heterocycles. The minimum absolute atomic E-state index is 0.691. The molecule has 92 valence electrons. The van der Waals surface area contributed by atoms with Crippen molar-refractivity contribution in [1.82, 2.24) is 15.1 Å². The van der Waals surface area contributed by atoms with E-state index < -0.39 is 0 Å². The summed E-state index contributed by atoms with van der Waals surface area (Å²) in [7, 11) is 0. The summed E-state index contributed by atoms with van der Waals surface area (Å²) < 4.78 is 5.47. The van der Waals surface area contributed by atoms with Gasteiger partial charge in [-0.25, -0.2) is 0 Å². The van der Waals surface area contributed by atoms with Gasteiger partial charge in [0.15, 0.2) is 0 Å². The van der Waals surface area contributed by atoms with Gasteiger partial charge in [-0.1, -0.05) is 25.6 Å². The molecule has 0 bridgehead atoms. The maximum atomic E-state index is 5.47. The molecule has 1 aromatic rings. The quantitative estimate of drug-likeness (QED) is 0.669. The fourth-order valence-corrected chi connectivity index (χ4v) is 2.42. The van der Waals surface area contributed by atoms with Gasteiger partial charge >= 0.3 is 0 Å². The van der Waals surface area contributed by atoms with Crippen LogP contribution in [0.3, 0.4) is 0 Å². The number of aromatic nitrogens is 2. The maximum Gasteiger partial charge on any atom is 0.276 e. The van der Waals surface area contributed by atoms with Crippen molar-refractivity contribution in [2.75, 3.05) is 31.6 Å². The molecular weight excluding hydrogens is 242 g/mol. The lowest BCUT2D eigenvalue weighted by Gasteiger charge is -2.16. The first kappa shape index (κ1) is 13.9. The van der Waals surface area contributed by atoms with Crippen LogP contribution in [-0.4, -0.2) is 46.7 Å². The van der Waals surface area contributed by atoms with Crippen LogP contribution in [0.5, 0.6) is 0 Å². The lowest BCUT2D eigenvalue weighted by Crippen LogP contribution is -2.25. The van der Waals surface area contributed by atoms with E-state index in [4.69, 9.17) is 4.42 Å². The van der Waals surface area contributed by atoms with Gasteiger partial charge in [0.25, 0.3) is 5.22 Å². The van der Waals surface area contributed by atoms with E-state index in [9.17, 15) is 0 Å². The largest absolute Gasteiger partial charge is 0.415 e. The fourth-order valence-electron chi connectivity index (χ4n) is 1.28. The molecule has 16 heavy (non-hydrogen) atoms. The highest BCUT2D eigenvalue weighted by atomic mass is 32.2. The topological polar surface area (TPSA) is 42.2 Å². The van der Waals surface area contributed by atoms with Gasteiger partial charge in [-0.3, -0.25) is 0 Å². The second kappa shape index (κ2) is 7.97. The Morgan fingerprint density at radius 1 is 1.25 bits per heavy atom. The summed E-state index contributed by atoms with van der Waals surface area (Å²) in [4.78, 5) is 2.38. The molecule has 6 heteroatoms. The van der Waals surface area contributed by atoms with Crippen molar-refractivity contribution in [3.63, 3.8) is 0 Å². The molecule has 0 radical (unpaired) electrons. The molecule has 0 aliphatic carbocycles. The average molecular weight is 261 g/mol. The standard InChI is InChI=1S/C10H19N3OS2/c1-4-13(5-2)6-7-16-10-12-11-9(14-10)8-15-3/h4-8H2,1-3H3. The van der Waals surface area contributed by atoms with Crippen molar-refractivity contribution >= 4 is 23.5 Å². The predicted octanol–water partition coefficient (Wildman–Crippen LogP) is 2.37. The van der Waals surface area contributed by atoms with Crippen LogP contribution in [0.1, 0.15) is 19.7 Å². The van der Waals surface area contributed by atoms with E-state index in [-0.39, 0.29) is 0 Å². The van der Waals surface area contributed by atoms with Gasteiger partial charge in [0.05, 0.1) is 5.75 Å². The highest BCUT2D eigenvalue weighted by Gasteiger charge is 2.06. The summed E-state index contributed by atoms with van der Waals surface area (Å²) in [5.41, 5.74) is 0. The zero-order valence-corrected chi connectivity index (χ0v) is 11.7. The molecule has 0 atom stereocenters. The Morgan fingerprint density at radius 2 is 2.00 bits per heavy atom. The van der Waals surface area contributed by atoms with E-state index in [0.717, 1.165) is 37.0 Å². The lowest BCUT2D eigenvalue weighted by molar-refractivity contribution is 0.323. The molecule has 0 fully saturated rings. The van der Waals surface area contributed by atoms with Crippen LogP contribution < -0.4 is 0 Å². The SMILES string of the molecule is CCN(CC)CCSc1nnc(CSC)o1. The Hall–Kier alpha value is -0.200. The maximum absolute atomic E-state index is 5.47. The Bertz CT molecular complexity index is 289. The Morgan fingerprint density at radius 3 is 2.62 bits per heavy atom. The monoisotopic (exact) mass is 261 g/mol. The summed E-state index contributed by atoms with van der Waals surface area (Å²) >= 11 is 3.33. The molecule has 0 saturated carbocycles. The van der Waals surface area contributed by atoms with Crippen LogP contribution in [0.25, 0.3) is 0 Å². The Labute approximate surface area is 106 Å². The van der Waals surface area contributed by atoms with Crippen LogP contribution in [0.4, 0.5) is 0 Å². The number of thioether (sulfide) groups is 2.